The van der Waals surface area contributed by atoms with E-state index < -0.39 is 6.10 Å². The fourth-order valence-electron chi connectivity index (χ4n) is 1.80. The van der Waals surface area contributed by atoms with Crippen molar-refractivity contribution in [3.8, 4) is 0 Å². The Morgan fingerprint density at radius 3 is 2.50 bits per heavy atom. The van der Waals surface area contributed by atoms with Gasteiger partial charge in [0, 0.05) is 20.1 Å². The van der Waals surface area contributed by atoms with Crippen molar-refractivity contribution < 1.29 is 5.11 Å². The van der Waals surface area contributed by atoms with Crippen LogP contribution in [0.25, 0.3) is 0 Å². The predicted octanol–water partition coefficient (Wildman–Crippen LogP) is 5.15. The third-order valence-corrected chi connectivity index (χ3v) is 3.86. The van der Waals surface area contributed by atoms with Gasteiger partial charge in [-0.1, -0.05) is 45.2 Å². The number of aryl methyl sites for hydroxylation is 1. The number of benzene rings is 2. The SMILES string of the molecule is Cc1ccc(Br)cc1C(O)c1cc(Cl)ccc1Cl. The molecule has 0 fully saturated rings. The molecule has 0 amide bonds. The Hall–Kier alpha value is -0.540. The van der Waals surface area contributed by atoms with Crippen LogP contribution in [0.15, 0.2) is 40.9 Å². The summed E-state index contributed by atoms with van der Waals surface area (Å²) in [7, 11) is 0. The van der Waals surface area contributed by atoms with Crippen molar-refractivity contribution in [3.63, 3.8) is 0 Å². The Balaban J connectivity index is 2.50. The molecule has 0 spiro atoms. The lowest BCUT2D eigenvalue weighted by Gasteiger charge is -2.16. The van der Waals surface area contributed by atoms with Gasteiger partial charge in [0.1, 0.15) is 6.10 Å². The Morgan fingerprint density at radius 2 is 1.78 bits per heavy atom. The molecule has 0 aliphatic carbocycles. The topological polar surface area (TPSA) is 20.2 Å². The molecule has 0 aliphatic rings. The molecule has 18 heavy (non-hydrogen) atoms. The average molecular weight is 346 g/mol. The summed E-state index contributed by atoms with van der Waals surface area (Å²) < 4.78 is 0.917. The number of aliphatic hydroxyl groups excluding tert-OH is 1. The minimum Gasteiger partial charge on any atom is -0.384 e. The van der Waals surface area contributed by atoms with Crippen molar-refractivity contribution in [1.82, 2.24) is 0 Å². The highest BCUT2D eigenvalue weighted by Crippen LogP contribution is 2.33. The maximum atomic E-state index is 10.4. The van der Waals surface area contributed by atoms with E-state index in [0.717, 1.165) is 15.6 Å². The molecule has 1 N–H and O–H groups in total. The molecule has 0 radical (unpaired) electrons. The first kappa shape index (κ1) is 13.9. The fraction of sp³-hybridized carbons (Fsp3) is 0.143. The van der Waals surface area contributed by atoms with Crippen molar-refractivity contribution in [1.29, 1.82) is 0 Å². The van der Waals surface area contributed by atoms with Crippen molar-refractivity contribution >= 4 is 39.1 Å². The molecule has 2 aromatic rings. The molecular weight excluding hydrogens is 335 g/mol. The molecule has 4 heteroatoms. The van der Waals surface area contributed by atoms with E-state index in [9.17, 15) is 5.11 Å². The van der Waals surface area contributed by atoms with Crippen LogP contribution in [0, 0.1) is 6.92 Å². The van der Waals surface area contributed by atoms with E-state index in [4.69, 9.17) is 23.2 Å². The van der Waals surface area contributed by atoms with E-state index in [1.807, 2.05) is 25.1 Å². The van der Waals surface area contributed by atoms with Gasteiger partial charge in [-0.05, 0) is 48.4 Å². The van der Waals surface area contributed by atoms with Crippen LogP contribution in [0.4, 0.5) is 0 Å². The van der Waals surface area contributed by atoms with Crippen LogP contribution in [0.2, 0.25) is 10.0 Å². The number of rotatable bonds is 2. The normalized spacial score (nSPS) is 12.5. The molecule has 1 nitrogen and oxygen atoms in total. The van der Waals surface area contributed by atoms with Crippen LogP contribution in [-0.2, 0) is 0 Å². The minimum absolute atomic E-state index is 0.506. The van der Waals surface area contributed by atoms with E-state index in [0.29, 0.717) is 15.6 Å². The first-order valence-corrected chi connectivity index (χ1v) is 6.93. The molecule has 0 heterocycles. The molecule has 0 saturated heterocycles. The van der Waals surface area contributed by atoms with Gasteiger partial charge in [0.05, 0.1) is 0 Å². The molecule has 2 aromatic carbocycles. The van der Waals surface area contributed by atoms with Crippen LogP contribution in [0.1, 0.15) is 22.8 Å². The standard InChI is InChI=1S/C14H11BrCl2O/c1-8-2-3-9(15)6-11(8)14(18)12-7-10(16)4-5-13(12)17/h2-7,14,18H,1H3. The molecule has 0 aromatic heterocycles. The Labute approximate surface area is 124 Å². The fourth-order valence-corrected chi connectivity index (χ4v) is 2.58. The number of halogens is 3. The van der Waals surface area contributed by atoms with E-state index in [2.05, 4.69) is 15.9 Å². The molecular formula is C14H11BrCl2O. The molecule has 1 atom stereocenters. The molecule has 0 aliphatic heterocycles. The van der Waals surface area contributed by atoms with Gasteiger partial charge in [-0.2, -0.15) is 0 Å². The van der Waals surface area contributed by atoms with Crippen LogP contribution in [0.5, 0.6) is 0 Å². The third-order valence-electron chi connectivity index (χ3n) is 2.79. The van der Waals surface area contributed by atoms with Gasteiger partial charge in [-0.25, -0.2) is 0 Å². The highest BCUT2D eigenvalue weighted by atomic mass is 79.9. The van der Waals surface area contributed by atoms with Crippen LogP contribution in [0.3, 0.4) is 0 Å². The van der Waals surface area contributed by atoms with Gasteiger partial charge >= 0.3 is 0 Å². The summed E-state index contributed by atoms with van der Waals surface area (Å²) >= 11 is 15.4. The van der Waals surface area contributed by atoms with Gasteiger partial charge in [0.2, 0.25) is 0 Å². The molecule has 0 saturated carbocycles. The van der Waals surface area contributed by atoms with Crippen molar-refractivity contribution in [2.24, 2.45) is 0 Å². The second-order valence-electron chi connectivity index (χ2n) is 4.07. The lowest BCUT2D eigenvalue weighted by molar-refractivity contribution is 0.219. The average Bonchev–Trinajstić information content (AvgIpc) is 2.34. The third kappa shape index (κ3) is 2.89. The zero-order chi connectivity index (χ0) is 13.3. The first-order chi connectivity index (χ1) is 8.49. The summed E-state index contributed by atoms with van der Waals surface area (Å²) in [4.78, 5) is 0. The van der Waals surface area contributed by atoms with Crippen molar-refractivity contribution in [2.45, 2.75) is 13.0 Å². The van der Waals surface area contributed by atoms with Gasteiger partial charge in [-0.3, -0.25) is 0 Å². The quantitative estimate of drug-likeness (QED) is 0.798. The van der Waals surface area contributed by atoms with E-state index >= 15 is 0 Å². The monoisotopic (exact) mass is 344 g/mol. The van der Waals surface area contributed by atoms with Crippen molar-refractivity contribution in [2.75, 3.05) is 0 Å². The smallest absolute Gasteiger partial charge is 0.106 e. The zero-order valence-corrected chi connectivity index (χ0v) is 12.7. The molecule has 0 bridgehead atoms. The molecule has 1 unspecified atom stereocenters. The zero-order valence-electron chi connectivity index (χ0n) is 9.62. The lowest BCUT2D eigenvalue weighted by Crippen LogP contribution is -2.03. The number of hydrogen-bond acceptors (Lipinski definition) is 1. The van der Waals surface area contributed by atoms with E-state index in [-0.39, 0.29) is 0 Å². The van der Waals surface area contributed by atoms with Crippen LogP contribution < -0.4 is 0 Å². The maximum absolute atomic E-state index is 10.4. The predicted molar refractivity (Wildman–Crippen MR) is 79.4 cm³/mol. The van der Waals surface area contributed by atoms with E-state index in [1.165, 1.54) is 0 Å². The number of hydrogen-bond donors (Lipinski definition) is 1. The summed E-state index contributed by atoms with van der Waals surface area (Å²) in [6.07, 6.45) is -0.784. The Bertz CT molecular complexity index is 533. The summed E-state index contributed by atoms with van der Waals surface area (Å²) in [5.41, 5.74) is 2.43. The second-order valence-corrected chi connectivity index (χ2v) is 5.83. The maximum Gasteiger partial charge on any atom is 0.106 e. The van der Waals surface area contributed by atoms with Gasteiger partial charge in [-0.15, -0.1) is 0 Å². The van der Waals surface area contributed by atoms with Gasteiger partial charge in [0.15, 0.2) is 0 Å². The first-order valence-electron chi connectivity index (χ1n) is 5.38. The molecule has 94 valence electrons. The molecule has 2 rings (SSSR count). The minimum atomic E-state index is -0.784. The van der Waals surface area contributed by atoms with E-state index in [1.54, 1.807) is 18.2 Å². The van der Waals surface area contributed by atoms with Crippen molar-refractivity contribution in [3.05, 3.63) is 67.6 Å². The van der Waals surface area contributed by atoms with Gasteiger partial charge in [0.25, 0.3) is 0 Å². The Morgan fingerprint density at radius 1 is 1.06 bits per heavy atom. The summed E-state index contributed by atoms with van der Waals surface area (Å²) in [5, 5.41) is 11.5. The summed E-state index contributed by atoms with van der Waals surface area (Å²) in [5.74, 6) is 0. The Kier molecular flexibility index (Phi) is 4.33. The van der Waals surface area contributed by atoms with Gasteiger partial charge < -0.3 is 5.11 Å². The summed E-state index contributed by atoms with van der Waals surface area (Å²) in [6, 6.07) is 10.8. The van der Waals surface area contributed by atoms with Crippen LogP contribution >= 0.6 is 39.1 Å². The second kappa shape index (κ2) is 5.62. The highest BCUT2D eigenvalue weighted by molar-refractivity contribution is 9.10. The summed E-state index contributed by atoms with van der Waals surface area (Å²) in [6.45, 7) is 1.95. The largest absolute Gasteiger partial charge is 0.384 e. The lowest BCUT2D eigenvalue weighted by atomic mass is 9.97. The highest BCUT2D eigenvalue weighted by Gasteiger charge is 2.16. The number of aliphatic hydroxyl groups is 1. The van der Waals surface area contributed by atoms with Crippen LogP contribution in [-0.4, -0.2) is 5.11 Å².